The van der Waals surface area contributed by atoms with Gasteiger partial charge in [0.15, 0.2) is 6.61 Å². The van der Waals surface area contributed by atoms with Crippen molar-refractivity contribution in [3.8, 4) is 17.4 Å². The molecule has 0 radical (unpaired) electrons. The molecule has 0 saturated carbocycles. The van der Waals surface area contributed by atoms with E-state index in [1.54, 1.807) is 0 Å². The first-order valence-corrected chi connectivity index (χ1v) is 5.83. The van der Waals surface area contributed by atoms with Crippen molar-refractivity contribution in [1.29, 1.82) is 0 Å². The predicted molar refractivity (Wildman–Crippen MR) is 67.1 cm³/mol. The standard InChI is InChI=1S/C10H8FN3O4.C2H6/c11-7-3-1-2-6(4-7)9-12-10(13-14(9)17)18-5-8(15)16;1-2/h1-4,17H,5H2,(H,15,16);1-2H3. The van der Waals surface area contributed by atoms with E-state index in [0.717, 1.165) is 6.07 Å². The molecule has 108 valence electrons. The molecule has 2 rings (SSSR count). The number of hydrogen-bond donors (Lipinski definition) is 2. The van der Waals surface area contributed by atoms with Crippen molar-refractivity contribution in [2.45, 2.75) is 13.8 Å². The quantitative estimate of drug-likeness (QED) is 0.830. The number of carbonyl (C=O) groups is 1. The normalized spacial score (nSPS) is 9.55. The molecule has 0 fully saturated rings. The smallest absolute Gasteiger partial charge is 0.341 e. The molecular weight excluding hydrogens is 269 g/mol. The summed E-state index contributed by atoms with van der Waals surface area (Å²) in [4.78, 5) is 14.4. The van der Waals surface area contributed by atoms with Gasteiger partial charge in [-0.3, -0.25) is 0 Å². The lowest BCUT2D eigenvalue weighted by Gasteiger charge is -1.97. The molecule has 0 unspecified atom stereocenters. The Morgan fingerprint density at radius 2 is 2.15 bits per heavy atom. The Morgan fingerprint density at radius 1 is 1.45 bits per heavy atom. The average Bonchev–Trinajstić information content (AvgIpc) is 2.80. The number of ether oxygens (including phenoxy) is 1. The first kappa shape index (κ1) is 15.4. The summed E-state index contributed by atoms with van der Waals surface area (Å²) >= 11 is 0. The van der Waals surface area contributed by atoms with Gasteiger partial charge >= 0.3 is 12.0 Å². The second-order valence-corrected chi connectivity index (χ2v) is 3.30. The fourth-order valence-corrected chi connectivity index (χ4v) is 1.28. The van der Waals surface area contributed by atoms with Gasteiger partial charge in [0.25, 0.3) is 0 Å². The predicted octanol–water partition coefficient (Wildman–Crippen LogP) is 1.81. The van der Waals surface area contributed by atoms with Crippen LogP contribution < -0.4 is 4.74 Å². The minimum absolute atomic E-state index is 0.0464. The number of hydrogen-bond acceptors (Lipinski definition) is 5. The molecular formula is C12H14FN3O4. The Labute approximate surface area is 114 Å². The number of carboxylic acids is 1. The van der Waals surface area contributed by atoms with Crippen molar-refractivity contribution in [3.05, 3.63) is 30.1 Å². The van der Waals surface area contributed by atoms with Gasteiger partial charge in [0.1, 0.15) is 5.82 Å². The molecule has 1 aromatic heterocycles. The van der Waals surface area contributed by atoms with E-state index in [2.05, 4.69) is 14.8 Å². The third kappa shape index (κ3) is 3.94. The monoisotopic (exact) mass is 283 g/mol. The maximum atomic E-state index is 13.0. The second-order valence-electron chi connectivity index (χ2n) is 3.30. The summed E-state index contributed by atoms with van der Waals surface area (Å²) < 4.78 is 17.7. The molecule has 0 atom stereocenters. The highest BCUT2D eigenvalue weighted by atomic mass is 19.1. The Kier molecular flexibility index (Phi) is 5.45. The summed E-state index contributed by atoms with van der Waals surface area (Å²) in [7, 11) is 0. The van der Waals surface area contributed by atoms with Crippen molar-refractivity contribution < 1.29 is 24.2 Å². The molecule has 8 heteroatoms. The summed E-state index contributed by atoms with van der Waals surface area (Å²) in [5.41, 5.74) is 0.287. The van der Waals surface area contributed by atoms with Crippen LogP contribution in [0.5, 0.6) is 6.01 Å². The molecule has 0 aliphatic carbocycles. The zero-order valence-electron chi connectivity index (χ0n) is 10.9. The number of benzene rings is 1. The average molecular weight is 283 g/mol. The molecule has 0 aliphatic rings. The number of rotatable bonds is 4. The van der Waals surface area contributed by atoms with Crippen molar-refractivity contribution >= 4 is 5.97 Å². The van der Waals surface area contributed by atoms with E-state index in [-0.39, 0.29) is 17.4 Å². The highest BCUT2D eigenvalue weighted by Gasteiger charge is 2.13. The number of halogens is 1. The minimum atomic E-state index is -1.20. The van der Waals surface area contributed by atoms with Crippen LogP contribution in [0.4, 0.5) is 4.39 Å². The van der Waals surface area contributed by atoms with E-state index in [0.29, 0.717) is 4.85 Å². The lowest BCUT2D eigenvalue weighted by Crippen LogP contribution is -2.10. The number of aliphatic carboxylic acids is 1. The van der Waals surface area contributed by atoms with Crippen LogP contribution in [0.3, 0.4) is 0 Å². The SMILES string of the molecule is CC.O=C(O)COc1nc(-c2cccc(F)c2)n(O)n1. The number of nitrogens with zero attached hydrogens (tertiary/aromatic N) is 3. The summed E-state index contributed by atoms with van der Waals surface area (Å²) in [5.74, 6) is -1.74. The maximum absolute atomic E-state index is 13.0. The molecule has 0 saturated heterocycles. The van der Waals surface area contributed by atoms with E-state index in [9.17, 15) is 14.4 Å². The Morgan fingerprint density at radius 3 is 2.75 bits per heavy atom. The van der Waals surface area contributed by atoms with Crippen LogP contribution in [0.25, 0.3) is 11.4 Å². The van der Waals surface area contributed by atoms with Gasteiger partial charge in [-0.25, -0.2) is 9.18 Å². The number of aromatic nitrogens is 3. The van der Waals surface area contributed by atoms with Gasteiger partial charge in [0.05, 0.1) is 0 Å². The van der Waals surface area contributed by atoms with Crippen LogP contribution in [-0.2, 0) is 4.79 Å². The van der Waals surface area contributed by atoms with E-state index >= 15 is 0 Å². The van der Waals surface area contributed by atoms with Crippen LogP contribution in [0, 0.1) is 5.82 Å². The minimum Gasteiger partial charge on any atom is -0.479 e. The lowest BCUT2D eigenvalue weighted by atomic mass is 10.2. The van der Waals surface area contributed by atoms with Gasteiger partial charge < -0.3 is 15.1 Å². The van der Waals surface area contributed by atoms with Crippen LogP contribution in [0.1, 0.15) is 13.8 Å². The lowest BCUT2D eigenvalue weighted by molar-refractivity contribution is -0.139. The molecule has 0 aliphatic heterocycles. The van der Waals surface area contributed by atoms with Crippen LogP contribution in [0.2, 0.25) is 0 Å². The van der Waals surface area contributed by atoms with Gasteiger partial charge in [-0.15, -0.1) is 0 Å². The zero-order valence-corrected chi connectivity index (χ0v) is 10.9. The third-order valence-corrected chi connectivity index (χ3v) is 1.98. The van der Waals surface area contributed by atoms with Gasteiger partial charge in [-0.2, -0.15) is 4.98 Å². The van der Waals surface area contributed by atoms with E-state index in [1.807, 2.05) is 13.8 Å². The molecule has 2 aromatic rings. The Balaban J connectivity index is 0.000000956. The fourth-order valence-electron chi connectivity index (χ4n) is 1.28. The van der Waals surface area contributed by atoms with Crippen LogP contribution in [-0.4, -0.2) is 37.8 Å². The van der Waals surface area contributed by atoms with Crippen molar-refractivity contribution in [1.82, 2.24) is 14.9 Å². The molecule has 0 amide bonds. The molecule has 7 nitrogen and oxygen atoms in total. The summed E-state index contributed by atoms with van der Waals surface area (Å²) in [5, 5.41) is 21.3. The molecule has 0 bridgehead atoms. The molecule has 0 spiro atoms. The Bertz CT molecular complexity index is 586. The van der Waals surface area contributed by atoms with Crippen molar-refractivity contribution in [2.24, 2.45) is 0 Å². The first-order valence-electron chi connectivity index (χ1n) is 5.83. The van der Waals surface area contributed by atoms with Crippen LogP contribution >= 0.6 is 0 Å². The molecule has 2 N–H and O–H groups in total. The summed E-state index contributed by atoms with van der Waals surface area (Å²) in [6, 6.07) is 5.04. The topological polar surface area (TPSA) is 97.5 Å². The highest BCUT2D eigenvalue weighted by molar-refractivity contribution is 5.68. The zero-order chi connectivity index (χ0) is 15.1. The van der Waals surface area contributed by atoms with Crippen LogP contribution in [0.15, 0.2) is 24.3 Å². The van der Waals surface area contributed by atoms with Gasteiger partial charge in [0, 0.05) is 5.56 Å². The molecule has 1 heterocycles. The van der Waals surface area contributed by atoms with E-state index in [1.165, 1.54) is 18.2 Å². The Hall–Kier alpha value is -2.64. The maximum Gasteiger partial charge on any atom is 0.341 e. The van der Waals surface area contributed by atoms with E-state index in [4.69, 9.17) is 5.11 Å². The fraction of sp³-hybridized carbons (Fsp3) is 0.250. The second kappa shape index (κ2) is 7.07. The van der Waals surface area contributed by atoms with Gasteiger partial charge in [0.2, 0.25) is 5.82 Å². The highest BCUT2D eigenvalue weighted by Crippen LogP contribution is 2.19. The first-order chi connectivity index (χ1) is 9.56. The number of carboxylic acid groups (broad SMARTS) is 1. The summed E-state index contributed by atoms with van der Waals surface area (Å²) in [6.07, 6.45) is 0. The molecule has 1 aromatic carbocycles. The largest absolute Gasteiger partial charge is 0.479 e. The van der Waals surface area contributed by atoms with Crippen molar-refractivity contribution in [2.75, 3.05) is 6.61 Å². The summed E-state index contributed by atoms with van der Waals surface area (Å²) in [6.45, 7) is 3.37. The van der Waals surface area contributed by atoms with Crippen molar-refractivity contribution in [3.63, 3.8) is 0 Å². The van der Waals surface area contributed by atoms with Gasteiger partial charge in [-0.1, -0.05) is 35.9 Å². The third-order valence-electron chi connectivity index (χ3n) is 1.98. The molecule has 20 heavy (non-hydrogen) atoms. The van der Waals surface area contributed by atoms with Gasteiger partial charge in [-0.05, 0) is 12.1 Å². The van der Waals surface area contributed by atoms with E-state index < -0.39 is 18.4 Å².